The lowest BCUT2D eigenvalue weighted by molar-refractivity contribution is 0.0955. The number of halogens is 1. The molecule has 0 saturated carbocycles. The zero-order valence-electron chi connectivity index (χ0n) is 14.4. The van der Waals surface area contributed by atoms with E-state index < -0.39 is 23.2 Å². The number of nitrogens with one attached hydrogen (secondary N) is 2. The van der Waals surface area contributed by atoms with Crippen molar-refractivity contribution in [1.29, 1.82) is 0 Å². The van der Waals surface area contributed by atoms with Crippen LogP contribution in [-0.4, -0.2) is 30.0 Å². The quantitative estimate of drug-likeness (QED) is 0.861. The Labute approximate surface area is 144 Å². The Hall–Kier alpha value is -2.96. The number of hydrogen-bond acceptors (Lipinski definition) is 3. The van der Waals surface area contributed by atoms with E-state index in [0.717, 1.165) is 0 Å². The lowest BCUT2D eigenvalue weighted by Gasteiger charge is -2.12. The van der Waals surface area contributed by atoms with Crippen molar-refractivity contribution in [3.63, 3.8) is 0 Å². The molecule has 0 spiro atoms. The number of benzene rings is 1. The third-order valence-electron chi connectivity index (χ3n) is 3.77. The van der Waals surface area contributed by atoms with Crippen LogP contribution in [0.1, 0.15) is 38.8 Å². The van der Waals surface area contributed by atoms with Crippen molar-refractivity contribution in [3.8, 4) is 0 Å². The Balaban J connectivity index is 2.57. The average molecular weight is 345 g/mol. The van der Waals surface area contributed by atoms with Crippen molar-refractivity contribution in [3.05, 3.63) is 68.9 Å². The standard InChI is InChI=1S/C18H20FN3O3/c1-4-21-16(23)13-8-14(17(24)20-3)18(25)22(10-13)9-12-7-5-6-11(2)15(12)19/h5-8,10H,4,9H2,1-3H3,(H,20,24)(H,21,23). The molecule has 0 bridgehead atoms. The number of carbonyl (C=O) groups excluding carboxylic acids is 2. The number of aryl methyl sites for hydroxylation is 1. The zero-order chi connectivity index (χ0) is 18.6. The Kier molecular flexibility index (Phi) is 5.69. The van der Waals surface area contributed by atoms with Gasteiger partial charge in [0.15, 0.2) is 0 Å². The summed E-state index contributed by atoms with van der Waals surface area (Å²) in [7, 11) is 1.39. The summed E-state index contributed by atoms with van der Waals surface area (Å²) in [6, 6.07) is 6.12. The molecule has 132 valence electrons. The van der Waals surface area contributed by atoms with Gasteiger partial charge in [0.25, 0.3) is 17.4 Å². The van der Waals surface area contributed by atoms with E-state index in [4.69, 9.17) is 0 Å². The molecule has 0 fully saturated rings. The van der Waals surface area contributed by atoms with Crippen LogP contribution in [0.2, 0.25) is 0 Å². The monoisotopic (exact) mass is 345 g/mol. The minimum absolute atomic E-state index is 0.0798. The van der Waals surface area contributed by atoms with E-state index in [1.807, 2.05) is 0 Å². The van der Waals surface area contributed by atoms with E-state index in [1.54, 1.807) is 32.0 Å². The highest BCUT2D eigenvalue weighted by Gasteiger charge is 2.17. The van der Waals surface area contributed by atoms with Crippen molar-refractivity contribution in [2.45, 2.75) is 20.4 Å². The van der Waals surface area contributed by atoms with Crippen LogP contribution in [0, 0.1) is 12.7 Å². The summed E-state index contributed by atoms with van der Waals surface area (Å²) in [5.74, 6) is -1.43. The maximum Gasteiger partial charge on any atom is 0.263 e. The number of nitrogens with zero attached hydrogens (tertiary/aromatic N) is 1. The maximum absolute atomic E-state index is 14.3. The van der Waals surface area contributed by atoms with Gasteiger partial charge in [-0.1, -0.05) is 18.2 Å². The van der Waals surface area contributed by atoms with E-state index >= 15 is 0 Å². The summed E-state index contributed by atoms with van der Waals surface area (Å²) >= 11 is 0. The number of carbonyl (C=O) groups is 2. The van der Waals surface area contributed by atoms with E-state index in [9.17, 15) is 18.8 Å². The molecule has 0 aliphatic heterocycles. The van der Waals surface area contributed by atoms with Crippen molar-refractivity contribution in [2.75, 3.05) is 13.6 Å². The van der Waals surface area contributed by atoms with Gasteiger partial charge in [-0.2, -0.15) is 0 Å². The number of amides is 2. The molecular formula is C18H20FN3O3. The van der Waals surface area contributed by atoms with Gasteiger partial charge in [-0.15, -0.1) is 0 Å². The largest absolute Gasteiger partial charge is 0.355 e. The third-order valence-corrected chi connectivity index (χ3v) is 3.77. The molecule has 2 aromatic rings. The maximum atomic E-state index is 14.3. The molecule has 2 amide bonds. The van der Waals surface area contributed by atoms with Crippen LogP contribution >= 0.6 is 0 Å². The molecule has 0 aliphatic carbocycles. The summed E-state index contributed by atoms with van der Waals surface area (Å²) < 4.78 is 15.4. The SMILES string of the molecule is CCNC(=O)c1cc(C(=O)NC)c(=O)n(Cc2cccc(C)c2F)c1. The van der Waals surface area contributed by atoms with Crippen molar-refractivity contribution in [1.82, 2.24) is 15.2 Å². The lowest BCUT2D eigenvalue weighted by Crippen LogP contribution is -2.34. The van der Waals surface area contributed by atoms with Gasteiger partial charge in [-0.3, -0.25) is 14.4 Å². The molecule has 1 aromatic carbocycles. The fourth-order valence-electron chi connectivity index (χ4n) is 2.45. The van der Waals surface area contributed by atoms with E-state index in [0.29, 0.717) is 17.7 Å². The molecule has 0 aliphatic rings. The summed E-state index contributed by atoms with van der Waals surface area (Å²) in [4.78, 5) is 36.6. The van der Waals surface area contributed by atoms with E-state index in [1.165, 1.54) is 23.9 Å². The first-order valence-corrected chi connectivity index (χ1v) is 7.87. The van der Waals surface area contributed by atoms with Gasteiger partial charge < -0.3 is 15.2 Å². The van der Waals surface area contributed by atoms with Gasteiger partial charge in [0.05, 0.1) is 12.1 Å². The molecular weight excluding hydrogens is 325 g/mol. The minimum Gasteiger partial charge on any atom is -0.355 e. The first-order valence-electron chi connectivity index (χ1n) is 7.87. The predicted octanol–water partition coefficient (Wildman–Crippen LogP) is 1.45. The molecule has 0 atom stereocenters. The highest BCUT2D eigenvalue weighted by atomic mass is 19.1. The van der Waals surface area contributed by atoms with Crippen LogP contribution in [-0.2, 0) is 6.54 Å². The highest BCUT2D eigenvalue weighted by molar-refractivity contribution is 5.99. The molecule has 1 heterocycles. The Morgan fingerprint density at radius 2 is 1.96 bits per heavy atom. The molecule has 7 heteroatoms. The summed E-state index contributed by atoms with van der Waals surface area (Å²) in [5.41, 5.74) is 0.163. The van der Waals surface area contributed by atoms with Crippen molar-refractivity contribution in [2.24, 2.45) is 0 Å². The molecule has 2 N–H and O–H groups in total. The van der Waals surface area contributed by atoms with Gasteiger partial charge in [0, 0.05) is 25.4 Å². The smallest absolute Gasteiger partial charge is 0.263 e. The first kappa shape index (κ1) is 18.4. The van der Waals surface area contributed by atoms with Crippen LogP contribution in [0.25, 0.3) is 0 Å². The fraction of sp³-hybridized carbons (Fsp3) is 0.278. The number of aromatic nitrogens is 1. The second-order valence-electron chi connectivity index (χ2n) is 5.56. The van der Waals surface area contributed by atoms with E-state index in [-0.39, 0.29) is 17.7 Å². The number of rotatable bonds is 5. The third kappa shape index (κ3) is 3.93. The Morgan fingerprint density at radius 3 is 2.60 bits per heavy atom. The highest BCUT2D eigenvalue weighted by Crippen LogP contribution is 2.13. The molecule has 25 heavy (non-hydrogen) atoms. The van der Waals surface area contributed by atoms with Crippen LogP contribution in [0.4, 0.5) is 4.39 Å². The van der Waals surface area contributed by atoms with Crippen LogP contribution in [0.3, 0.4) is 0 Å². The normalized spacial score (nSPS) is 10.4. The van der Waals surface area contributed by atoms with Crippen LogP contribution in [0.15, 0.2) is 35.3 Å². The predicted molar refractivity (Wildman–Crippen MR) is 92.3 cm³/mol. The van der Waals surface area contributed by atoms with Gasteiger partial charge in [-0.05, 0) is 25.5 Å². The van der Waals surface area contributed by atoms with Crippen LogP contribution in [0.5, 0.6) is 0 Å². The summed E-state index contributed by atoms with van der Waals surface area (Å²) in [6.45, 7) is 3.71. The molecule has 6 nitrogen and oxygen atoms in total. The second kappa shape index (κ2) is 7.74. The molecule has 0 unspecified atom stereocenters. The van der Waals surface area contributed by atoms with Crippen molar-refractivity contribution >= 4 is 11.8 Å². The fourth-order valence-corrected chi connectivity index (χ4v) is 2.45. The molecule has 1 aromatic heterocycles. The Bertz CT molecular complexity index is 874. The summed E-state index contributed by atoms with van der Waals surface area (Å²) in [5, 5.41) is 4.99. The molecule has 0 radical (unpaired) electrons. The molecule has 0 saturated heterocycles. The number of pyridine rings is 1. The minimum atomic E-state index is -0.602. The molecule has 2 rings (SSSR count). The topological polar surface area (TPSA) is 80.2 Å². The second-order valence-corrected chi connectivity index (χ2v) is 5.56. The van der Waals surface area contributed by atoms with Gasteiger partial charge in [0.2, 0.25) is 0 Å². The van der Waals surface area contributed by atoms with Crippen LogP contribution < -0.4 is 16.2 Å². The Morgan fingerprint density at radius 1 is 1.24 bits per heavy atom. The lowest BCUT2D eigenvalue weighted by atomic mass is 10.1. The van der Waals surface area contributed by atoms with Crippen molar-refractivity contribution < 1.29 is 14.0 Å². The number of hydrogen-bond donors (Lipinski definition) is 2. The summed E-state index contributed by atoms with van der Waals surface area (Å²) in [6.07, 6.45) is 1.33. The van der Waals surface area contributed by atoms with Gasteiger partial charge in [-0.25, -0.2) is 4.39 Å². The van der Waals surface area contributed by atoms with E-state index in [2.05, 4.69) is 10.6 Å². The zero-order valence-corrected chi connectivity index (χ0v) is 14.4. The average Bonchev–Trinajstić information content (AvgIpc) is 2.60. The first-order chi connectivity index (χ1) is 11.9. The van der Waals surface area contributed by atoms with Gasteiger partial charge in [0.1, 0.15) is 11.4 Å². The van der Waals surface area contributed by atoms with Gasteiger partial charge >= 0.3 is 0 Å².